The van der Waals surface area contributed by atoms with Gasteiger partial charge in [-0.25, -0.2) is 4.98 Å². The second kappa shape index (κ2) is 7.66. The Bertz CT molecular complexity index is 619. The van der Waals surface area contributed by atoms with E-state index in [4.69, 9.17) is 16.3 Å². The van der Waals surface area contributed by atoms with Gasteiger partial charge < -0.3 is 10.1 Å². The van der Waals surface area contributed by atoms with Gasteiger partial charge in [0.15, 0.2) is 0 Å². The summed E-state index contributed by atoms with van der Waals surface area (Å²) in [6.07, 6.45) is 1.05. The van der Waals surface area contributed by atoms with Crippen LogP contribution < -0.4 is 10.1 Å². The van der Waals surface area contributed by atoms with Crippen LogP contribution in [0.2, 0.25) is 5.02 Å². The van der Waals surface area contributed by atoms with Gasteiger partial charge in [0, 0.05) is 6.54 Å². The lowest BCUT2D eigenvalue weighted by atomic mass is 10.2. The maximum absolute atomic E-state index is 6.18. The van der Waals surface area contributed by atoms with Crippen molar-refractivity contribution in [3.05, 3.63) is 51.1 Å². The summed E-state index contributed by atoms with van der Waals surface area (Å²) in [7, 11) is 0. The lowest BCUT2D eigenvalue weighted by Crippen LogP contribution is -2.05. The molecule has 0 amide bonds. The Morgan fingerprint density at radius 1 is 1.29 bits per heavy atom. The molecule has 0 spiro atoms. The van der Waals surface area contributed by atoms with Crippen LogP contribution in [0, 0.1) is 6.92 Å². The quantitative estimate of drug-likeness (QED) is 0.759. The second-order valence-electron chi connectivity index (χ2n) is 4.77. The van der Waals surface area contributed by atoms with Crippen molar-refractivity contribution in [3.8, 4) is 5.75 Å². The van der Waals surface area contributed by atoms with E-state index < -0.39 is 0 Å². The van der Waals surface area contributed by atoms with Gasteiger partial charge in [0.1, 0.15) is 18.2 Å². The van der Waals surface area contributed by atoms with Gasteiger partial charge in [-0.15, -0.1) is 0 Å². The van der Waals surface area contributed by atoms with E-state index in [2.05, 4.69) is 33.2 Å². The molecule has 0 bridgehead atoms. The monoisotopic (exact) mass is 368 g/mol. The first-order valence-electron chi connectivity index (χ1n) is 6.88. The highest BCUT2D eigenvalue weighted by molar-refractivity contribution is 9.10. The van der Waals surface area contributed by atoms with Gasteiger partial charge >= 0.3 is 0 Å². The molecule has 1 aromatic heterocycles. The van der Waals surface area contributed by atoms with Crippen molar-refractivity contribution in [2.24, 2.45) is 0 Å². The minimum atomic E-state index is 0.335. The van der Waals surface area contributed by atoms with E-state index in [0.717, 1.165) is 34.7 Å². The van der Waals surface area contributed by atoms with Crippen LogP contribution in [0.4, 0.5) is 5.82 Å². The highest BCUT2D eigenvalue weighted by atomic mass is 79.9. The van der Waals surface area contributed by atoms with Gasteiger partial charge in [0.05, 0.1) is 15.2 Å². The molecule has 21 heavy (non-hydrogen) atoms. The number of aromatic nitrogens is 1. The van der Waals surface area contributed by atoms with Gasteiger partial charge in [0.25, 0.3) is 0 Å². The highest BCUT2D eigenvalue weighted by Gasteiger charge is 2.07. The van der Waals surface area contributed by atoms with E-state index in [1.165, 1.54) is 5.56 Å². The van der Waals surface area contributed by atoms with E-state index in [-0.39, 0.29) is 0 Å². The Kier molecular flexibility index (Phi) is 5.88. The third kappa shape index (κ3) is 4.61. The fraction of sp³-hybridized carbons (Fsp3) is 0.312. The summed E-state index contributed by atoms with van der Waals surface area (Å²) in [5.74, 6) is 1.60. The average Bonchev–Trinajstić information content (AvgIpc) is 2.46. The van der Waals surface area contributed by atoms with Crippen LogP contribution in [-0.4, -0.2) is 11.5 Å². The molecule has 0 aliphatic rings. The summed E-state index contributed by atoms with van der Waals surface area (Å²) in [5, 5.41) is 3.86. The summed E-state index contributed by atoms with van der Waals surface area (Å²) >= 11 is 9.68. The Balaban J connectivity index is 2.08. The van der Waals surface area contributed by atoms with Gasteiger partial charge in [-0.3, -0.25) is 0 Å². The molecule has 0 unspecified atom stereocenters. The molecule has 1 N–H and O–H groups in total. The number of rotatable bonds is 6. The Morgan fingerprint density at radius 3 is 2.81 bits per heavy atom. The molecule has 0 saturated carbocycles. The lowest BCUT2D eigenvalue weighted by molar-refractivity contribution is 0.299. The number of hydrogen-bond acceptors (Lipinski definition) is 3. The maximum atomic E-state index is 6.18. The predicted molar refractivity (Wildman–Crippen MR) is 91.2 cm³/mol. The van der Waals surface area contributed by atoms with Crippen molar-refractivity contribution in [1.29, 1.82) is 0 Å². The normalized spacial score (nSPS) is 10.5. The Hall–Kier alpha value is -1.26. The Morgan fingerprint density at radius 2 is 2.10 bits per heavy atom. The molecule has 0 radical (unpaired) electrons. The highest BCUT2D eigenvalue weighted by Crippen LogP contribution is 2.27. The molecule has 112 valence electrons. The molecule has 2 rings (SSSR count). The number of ether oxygens (including phenoxy) is 1. The van der Waals surface area contributed by atoms with Gasteiger partial charge in [-0.1, -0.05) is 24.6 Å². The van der Waals surface area contributed by atoms with Crippen molar-refractivity contribution < 1.29 is 4.74 Å². The molecule has 1 aromatic carbocycles. The maximum Gasteiger partial charge on any atom is 0.134 e. The van der Waals surface area contributed by atoms with Crippen LogP contribution in [0.1, 0.15) is 24.6 Å². The van der Waals surface area contributed by atoms with Gasteiger partial charge in [-0.2, -0.15) is 0 Å². The lowest BCUT2D eigenvalue weighted by Gasteiger charge is -2.11. The van der Waals surface area contributed by atoms with Crippen LogP contribution in [0.15, 0.2) is 34.8 Å². The summed E-state index contributed by atoms with van der Waals surface area (Å²) in [4.78, 5) is 4.49. The topological polar surface area (TPSA) is 34.1 Å². The summed E-state index contributed by atoms with van der Waals surface area (Å²) in [5.41, 5.74) is 1.90. The zero-order valence-electron chi connectivity index (χ0n) is 12.1. The molecule has 0 aliphatic heterocycles. The van der Waals surface area contributed by atoms with Crippen molar-refractivity contribution in [3.63, 3.8) is 0 Å². The molecular weight excluding hydrogens is 352 g/mol. The molecule has 2 aromatic rings. The fourth-order valence-electron chi connectivity index (χ4n) is 1.81. The third-order valence-corrected chi connectivity index (χ3v) is 3.89. The molecular formula is C16H18BrClN2O. The van der Waals surface area contributed by atoms with E-state index in [1.807, 2.05) is 37.3 Å². The fourth-order valence-corrected chi connectivity index (χ4v) is 2.57. The first-order valence-corrected chi connectivity index (χ1v) is 8.05. The molecule has 3 nitrogen and oxygen atoms in total. The molecule has 0 atom stereocenters. The number of pyridine rings is 1. The van der Waals surface area contributed by atoms with Crippen LogP contribution in [0.5, 0.6) is 5.75 Å². The minimum Gasteiger partial charge on any atom is -0.486 e. The summed E-state index contributed by atoms with van der Waals surface area (Å²) in [6, 6.07) is 9.68. The van der Waals surface area contributed by atoms with Crippen molar-refractivity contribution in [1.82, 2.24) is 4.98 Å². The zero-order valence-corrected chi connectivity index (χ0v) is 14.5. The number of hydrogen-bond donors (Lipinski definition) is 1. The van der Waals surface area contributed by atoms with Crippen molar-refractivity contribution >= 4 is 33.3 Å². The third-order valence-electron chi connectivity index (χ3n) is 2.93. The first-order chi connectivity index (χ1) is 10.1. The standard InChI is InChI=1S/C16H18BrClN2O/c1-3-8-19-16-7-5-13(18)14(20-16)10-21-15-6-4-11(2)9-12(15)17/h4-7,9H,3,8,10H2,1-2H3,(H,19,20). The number of nitrogens with one attached hydrogen (secondary N) is 1. The largest absolute Gasteiger partial charge is 0.486 e. The smallest absolute Gasteiger partial charge is 0.134 e. The zero-order chi connectivity index (χ0) is 15.2. The van der Waals surface area contributed by atoms with Crippen LogP contribution in [0.25, 0.3) is 0 Å². The molecule has 1 heterocycles. The Labute approximate surface area is 138 Å². The van der Waals surface area contributed by atoms with E-state index >= 15 is 0 Å². The summed E-state index contributed by atoms with van der Waals surface area (Å²) < 4.78 is 6.73. The van der Waals surface area contributed by atoms with E-state index in [1.54, 1.807) is 0 Å². The van der Waals surface area contributed by atoms with E-state index in [0.29, 0.717) is 11.6 Å². The molecule has 5 heteroatoms. The van der Waals surface area contributed by atoms with Crippen molar-refractivity contribution in [2.75, 3.05) is 11.9 Å². The first kappa shape index (κ1) is 16.1. The number of anilines is 1. The molecule has 0 fully saturated rings. The number of halogens is 2. The van der Waals surface area contributed by atoms with Crippen LogP contribution >= 0.6 is 27.5 Å². The van der Waals surface area contributed by atoms with Gasteiger partial charge in [0.2, 0.25) is 0 Å². The van der Waals surface area contributed by atoms with Gasteiger partial charge in [-0.05, 0) is 59.1 Å². The average molecular weight is 370 g/mol. The number of benzene rings is 1. The number of nitrogens with zero attached hydrogens (tertiary/aromatic N) is 1. The van der Waals surface area contributed by atoms with E-state index in [9.17, 15) is 0 Å². The molecule has 0 aliphatic carbocycles. The van der Waals surface area contributed by atoms with Crippen LogP contribution in [-0.2, 0) is 6.61 Å². The van der Waals surface area contributed by atoms with Crippen molar-refractivity contribution in [2.45, 2.75) is 26.9 Å². The number of aryl methyl sites for hydroxylation is 1. The minimum absolute atomic E-state index is 0.335. The predicted octanol–water partition coefficient (Wildman–Crippen LogP) is 5.21. The molecule has 0 saturated heterocycles. The summed E-state index contributed by atoms with van der Waals surface area (Å²) in [6.45, 7) is 5.37. The van der Waals surface area contributed by atoms with Crippen LogP contribution in [0.3, 0.4) is 0 Å². The SMILES string of the molecule is CCCNc1ccc(Cl)c(COc2ccc(C)cc2Br)n1. The second-order valence-corrected chi connectivity index (χ2v) is 6.04.